The Bertz CT molecular complexity index is 472. The third kappa shape index (κ3) is 2.26. The molecule has 0 fully saturated rings. The van der Waals surface area contributed by atoms with Crippen molar-refractivity contribution in [3.05, 3.63) is 46.7 Å². The predicted molar refractivity (Wildman–Crippen MR) is 67.8 cm³/mol. The van der Waals surface area contributed by atoms with Gasteiger partial charge in [-0.3, -0.25) is 9.97 Å². The van der Waals surface area contributed by atoms with Crippen LogP contribution in [0.1, 0.15) is 5.56 Å². The summed E-state index contributed by atoms with van der Waals surface area (Å²) in [7, 11) is 0. The number of aromatic nitrogens is 2. The maximum atomic E-state index is 4.36. The van der Waals surface area contributed by atoms with E-state index in [1.807, 2.05) is 24.3 Å². The summed E-state index contributed by atoms with van der Waals surface area (Å²) in [5.74, 6) is 0. The third-order valence-electron chi connectivity index (χ3n) is 2.02. The molecule has 0 aliphatic rings. The number of hydrogen-bond acceptors (Lipinski definition) is 2. The molecule has 0 spiro atoms. The van der Waals surface area contributed by atoms with E-state index in [0.29, 0.717) is 0 Å². The summed E-state index contributed by atoms with van der Waals surface area (Å²) in [6.07, 6.45) is 3.55. The van der Waals surface area contributed by atoms with Gasteiger partial charge in [-0.1, -0.05) is 22.0 Å². The molecule has 0 N–H and O–H groups in total. The average Bonchev–Trinajstić information content (AvgIpc) is 2.30. The van der Waals surface area contributed by atoms with Gasteiger partial charge in [0.2, 0.25) is 0 Å². The molecule has 0 aliphatic carbocycles. The second kappa shape index (κ2) is 4.86. The van der Waals surface area contributed by atoms with Gasteiger partial charge in [0.05, 0.1) is 5.69 Å². The van der Waals surface area contributed by atoms with Gasteiger partial charge >= 0.3 is 0 Å². The molecule has 2 heterocycles. The molecule has 0 atom stereocenters. The normalized spacial score (nSPS) is 10.3. The van der Waals surface area contributed by atoms with Crippen LogP contribution in [-0.4, -0.2) is 9.97 Å². The first kappa shape index (κ1) is 10.8. The second-order valence-corrected chi connectivity index (χ2v) is 4.39. The average molecular weight is 328 g/mol. The maximum Gasteiger partial charge on any atom is 0.103 e. The molecular formula is C11H8Br2N2. The SMILES string of the molecule is BrCc1cccnc1-c1ncccc1Br. The van der Waals surface area contributed by atoms with Crippen LogP contribution in [0.3, 0.4) is 0 Å². The van der Waals surface area contributed by atoms with Gasteiger partial charge in [-0.15, -0.1) is 0 Å². The highest BCUT2D eigenvalue weighted by Gasteiger charge is 2.09. The van der Waals surface area contributed by atoms with Crippen LogP contribution in [0, 0.1) is 0 Å². The van der Waals surface area contributed by atoms with Gasteiger partial charge in [0.25, 0.3) is 0 Å². The fourth-order valence-corrected chi connectivity index (χ4v) is 2.21. The van der Waals surface area contributed by atoms with Crippen molar-refractivity contribution < 1.29 is 0 Å². The van der Waals surface area contributed by atoms with Crippen molar-refractivity contribution in [3.8, 4) is 11.4 Å². The van der Waals surface area contributed by atoms with E-state index >= 15 is 0 Å². The molecule has 0 saturated carbocycles. The van der Waals surface area contributed by atoms with E-state index in [-0.39, 0.29) is 0 Å². The van der Waals surface area contributed by atoms with Crippen molar-refractivity contribution in [3.63, 3.8) is 0 Å². The van der Waals surface area contributed by atoms with Gasteiger partial charge in [-0.05, 0) is 39.7 Å². The van der Waals surface area contributed by atoms with Crippen molar-refractivity contribution in [2.75, 3.05) is 0 Å². The van der Waals surface area contributed by atoms with E-state index in [9.17, 15) is 0 Å². The molecule has 0 bridgehead atoms. The van der Waals surface area contributed by atoms with E-state index in [1.165, 1.54) is 0 Å². The van der Waals surface area contributed by atoms with Crippen molar-refractivity contribution in [2.24, 2.45) is 0 Å². The summed E-state index contributed by atoms with van der Waals surface area (Å²) in [6.45, 7) is 0. The summed E-state index contributed by atoms with van der Waals surface area (Å²) >= 11 is 6.93. The standard InChI is InChI=1S/C11H8Br2N2/c12-7-8-3-1-5-14-10(8)11-9(13)4-2-6-15-11/h1-6H,7H2. The quantitative estimate of drug-likeness (QED) is 0.784. The molecule has 15 heavy (non-hydrogen) atoms. The molecule has 2 nitrogen and oxygen atoms in total. The fraction of sp³-hybridized carbons (Fsp3) is 0.0909. The van der Waals surface area contributed by atoms with Gasteiger partial charge in [0.15, 0.2) is 0 Å². The summed E-state index contributed by atoms with van der Waals surface area (Å²) in [4.78, 5) is 8.69. The zero-order valence-electron chi connectivity index (χ0n) is 7.82. The Balaban J connectivity index is 2.59. The zero-order valence-corrected chi connectivity index (χ0v) is 11.0. The Morgan fingerprint density at radius 1 is 1.00 bits per heavy atom. The molecule has 2 rings (SSSR count). The summed E-state index contributed by atoms with van der Waals surface area (Å²) < 4.78 is 0.964. The minimum Gasteiger partial charge on any atom is -0.254 e. The van der Waals surface area contributed by atoms with Crippen LogP contribution in [0.5, 0.6) is 0 Å². The molecule has 0 aromatic carbocycles. The van der Waals surface area contributed by atoms with E-state index < -0.39 is 0 Å². The van der Waals surface area contributed by atoms with Crippen LogP contribution in [0.4, 0.5) is 0 Å². The fourth-order valence-electron chi connectivity index (χ4n) is 1.32. The number of nitrogens with zero attached hydrogens (tertiary/aromatic N) is 2. The molecule has 2 aromatic heterocycles. The number of hydrogen-bond donors (Lipinski definition) is 0. The van der Waals surface area contributed by atoms with E-state index in [4.69, 9.17) is 0 Å². The summed E-state index contributed by atoms with van der Waals surface area (Å²) in [5.41, 5.74) is 2.94. The molecule has 0 saturated heterocycles. The molecule has 76 valence electrons. The lowest BCUT2D eigenvalue weighted by atomic mass is 10.1. The van der Waals surface area contributed by atoms with Gasteiger partial charge in [0.1, 0.15) is 5.69 Å². The smallest absolute Gasteiger partial charge is 0.103 e. The van der Waals surface area contributed by atoms with Crippen molar-refractivity contribution in [1.82, 2.24) is 9.97 Å². The number of halogens is 2. The van der Waals surface area contributed by atoms with Gasteiger partial charge in [-0.25, -0.2) is 0 Å². The first-order chi connectivity index (χ1) is 7.33. The Kier molecular flexibility index (Phi) is 3.49. The van der Waals surface area contributed by atoms with Crippen LogP contribution in [0.2, 0.25) is 0 Å². The lowest BCUT2D eigenvalue weighted by Gasteiger charge is -2.06. The highest BCUT2D eigenvalue weighted by Crippen LogP contribution is 2.27. The third-order valence-corrected chi connectivity index (χ3v) is 3.26. The van der Waals surface area contributed by atoms with Crippen molar-refractivity contribution in [2.45, 2.75) is 5.33 Å². The molecule has 0 amide bonds. The topological polar surface area (TPSA) is 25.8 Å². The van der Waals surface area contributed by atoms with Crippen molar-refractivity contribution in [1.29, 1.82) is 0 Å². The van der Waals surface area contributed by atoms with Crippen LogP contribution in [0.25, 0.3) is 11.4 Å². The van der Waals surface area contributed by atoms with Gasteiger partial charge < -0.3 is 0 Å². The Morgan fingerprint density at radius 3 is 2.33 bits per heavy atom. The highest BCUT2D eigenvalue weighted by molar-refractivity contribution is 9.10. The Morgan fingerprint density at radius 2 is 1.67 bits per heavy atom. The Labute approximate surface area is 105 Å². The van der Waals surface area contributed by atoms with E-state index in [1.54, 1.807) is 12.4 Å². The van der Waals surface area contributed by atoms with Crippen molar-refractivity contribution >= 4 is 31.9 Å². The number of pyridine rings is 2. The Hall–Kier alpha value is -0.740. The summed E-state index contributed by atoms with van der Waals surface area (Å²) in [5, 5.41) is 0.777. The maximum absolute atomic E-state index is 4.36. The molecule has 0 unspecified atom stereocenters. The monoisotopic (exact) mass is 326 g/mol. The largest absolute Gasteiger partial charge is 0.254 e. The minimum atomic E-state index is 0.777. The lowest BCUT2D eigenvalue weighted by molar-refractivity contribution is 1.20. The highest BCUT2D eigenvalue weighted by atomic mass is 79.9. The van der Waals surface area contributed by atoms with E-state index in [0.717, 1.165) is 26.8 Å². The first-order valence-corrected chi connectivity index (χ1v) is 6.35. The number of rotatable bonds is 2. The molecule has 2 aromatic rings. The van der Waals surface area contributed by atoms with Crippen LogP contribution < -0.4 is 0 Å². The summed E-state index contributed by atoms with van der Waals surface area (Å²) in [6, 6.07) is 7.83. The van der Waals surface area contributed by atoms with E-state index in [2.05, 4.69) is 41.8 Å². The van der Waals surface area contributed by atoms with Crippen LogP contribution in [0.15, 0.2) is 41.1 Å². The van der Waals surface area contributed by atoms with Crippen LogP contribution in [-0.2, 0) is 5.33 Å². The second-order valence-electron chi connectivity index (χ2n) is 2.98. The lowest BCUT2D eigenvalue weighted by Crippen LogP contribution is -1.93. The molecular weight excluding hydrogens is 320 g/mol. The van der Waals surface area contributed by atoms with Gasteiger partial charge in [0, 0.05) is 22.2 Å². The van der Waals surface area contributed by atoms with Crippen LogP contribution >= 0.6 is 31.9 Å². The molecule has 0 radical (unpaired) electrons. The van der Waals surface area contributed by atoms with Gasteiger partial charge in [-0.2, -0.15) is 0 Å². The zero-order chi connectivity index (χ0) is 10.7. The molecule has 0 aliphatic heterocycles. The first-order valence-electron chi connectivity index (χ1n) is 4.43. The number of alkyl halides is 1. The molecule has 4 heteroatoms. The predicted octanol–water partition coefficient (Wildman–Crippen LogP) is 3.80. The minimum absolute atomic E-state index is 0.777.